The van der Waals surface area contributed by atoms with E-state index in [0.717, 1.165) is 6.42 Å². The van der Waals surface area contributed by atoms with Gasteiger partial charge in [0.05, 0.1) is 0 Å². The van der Waals surface area contributed by atoms with Gasteiger partial charge in [0.2, 0.25) is 0 Å². The zero-order chi connectivity index (χ0) is 11.6. The molecule has 0 bridgehead atoms. The molecule has 82 valence electrons. The summed E-state index contributed by atoms with van der Waals surface area (Å²) in [6.07, 6.45) is 2.44. The van der Waals surface area contributed by atoms with Crippen LogP contribution in [0.4, 0.5) is 0 Å². The molecule has 0 aliphatic rings. The number of carboxylic acid groups (broad SMARTS) is 1. The van der Waals surface area contributed by atoms with Gasteiger partial charge in [0.15, 0.2) is 5.78 Å². The molecule has 0 fully saturated rings. The second-order valence-electron chi connectivity index (χ2n) is 3.64. The second-order valence-corrected chi connectivity index (χ2v) is 3.64. The van der Waals surface area contributed by atoms with E-state index in [9.17, 15) is 9.59 Å². The lowest BCUT2D eigenvalue weighted by atomic mass is 10.2. The van der Waals surface area contributed by atoms with E-state index in [2.05, 4.69) is 0 Å². The molecule has 0 aromatic carbocycles. The van der Waals surface area contributed by atoms with Gasteiger partial charge in [-0.3, -0.25) is 4.79 Å². The average molecular weight is 209 g/mol. The fraction of sp³-hybridized carbons (Fsp3) is 0.455. The van der Waals surface area contributed by atoms with Crippen LogP contribution < -0.4 is 0 Å². The van der Waals surface area contributed by atoms with Crippen LogP contribution in [-0.2, 0) is 0 Å². The fourth-order valence-electron chi connectivity index (χ4n) is 1.40. The van der Waals surface area contributed by atoms with Crippen molar-refractivity contribution in [2.45, 2.75) is 33.2 Å². The Balaban J connectivity index is 3.23. The topological polar surface area (TPSA) is 59.3 Å². The summed E-state index contributed by atoms with van der Waals surface area (Å²) in [5, 5.41) is 8.97. The van der Waals surface area contributed by atoms with Gasteiger partial charge in [0.1, 0.15) is 5.69 Å². The molecule has 0 saturated heterocycles. The van der Waals surface area contributed by atoms with Crippen molar-refractivity contribution in [2.24, 2.45) is 0 Å². The molecule has 1 unspecified atom stereocenters. The molecule has 1 rings (SSSR count). The normalized spacial score (nSPS) is 12.5. The number of carbonyl (C=O) groups is 2. The van der Waals surface area contributed by atoms with Crippen LogP contribution in [0.2, 0.25) is 0 Å². The van der Waals surface area contributed by atoms with Crippen molar-refractivity contribution in [1.29, 1.82) is 0 Å². The summed E-state index contributed by atoms with van der Waals surface area (Å²) < 4.78 is 1.64. The monoisotopic (exact) mass is 209 g/mol. The van der Waals surface area contributed by atoms with E-state index in [1.54, 1.807) is 10.8 Å². The maximum atomic E-state index is 11.1. The first kappa shape index (κ1) is 11.5. The van der Waals surface area contributed by atoms with Crippen molar-refractivity contribution >= 4 is 11.8 Å². The summed E-state index contributed by atoms with van der Waals surface area (Å²) >= 11 is 0. The van der Waals surface area contributed by atoms with Crippen molar-refractivity contribution in [2.75, 3.05) is 0 Å². The second kappa shape index (κ2) is 4.29. The van der Waals surface area contributed by atoms with Crippen molar-refractivity contribution < 1.29 is 14.7 Å². The number of carboxylic acids is 1. The van der Waals surface area contributed by atoms with E-state index < -0.39 is 5.97 Å². The molecule has 4 heteroatoms. The molecule has 1 heterocycles. The zero-order valence-electron chi connectivity index (χ0n) is 9.15. The van der Waals surface area contributed by atoms with Gasteiger partial charge in [-0.1, -0.05) is 6.92 Å². The van der Waals surface area contributed by atoms with Gasteiger partial charge in [-0.15, -0.1) is 0 Å². The first-order chi connectivity index (χ1) is 6.97. The first-order valence-corrected chi connectivity index (χ1v) is 4.93. The predicted molar refractivity (Wildman–Crippen MR) is 56.4 cm³/mol. The molecule has 0 saturated carbocycles. The molecule has 1 atom stereocenters. The Labute approximate surface area is 88.5 Å². The average Bonchev–Trinajstić information content (AvgIpc) is 2.61. The summed E-state index contributed by atoms with van der Waals surface area (Å²) in [4.78, 5) is 22.1. The van der Waals surface area contributed by atoms with E-state index >= 15 is 0 Å². The molecule has 15 heavy (non-hydrogen) atoms. The van der Waals surface area contributed by atoms with Gasteiger partial charge < -0.3 is 9.67 Å². The summed E-state index contributed by atoms with van der Waals surface area (Å²) in [5.74, 6) is -1.11. The maximum Gasteiger partial charge on any atom is 0.352 e. The van der Waals surface area contributed by atoms with Gasteiger partial charge in [0.25, 0.3) is 0 Å². The minimum Gasteiger partial charge on any atom is -0.477 e. The van der Waals surface area contributed by atoms with Crippen LogP contribution in [0.25, 0.3) is 0 Å². The van der Waals surface area contributed by atoms with Crippen molar-refractivity contribution in [1.82, 2.24) is 4.57 Å². The Bertz CT molecular complexity index is 393. The van der Waals surface area contributed by atoms with Crippen LogP contribution in [0.15, 0.2) is 12.3 Å². The summed E-state index contributed by atoms with van der Waals surface area (Å²) in [5.41, 5.74) is 0.627. The van der Waals surface area contributed by atoms with Crippen molar-refractivity contribution in [3.05, 3.63) is 23.5 Å². The zero-order valence-corrected chi connectivity index (χ0v) is 9.15. The number of carbonyl (C=O) groups excluding carboxylic acids is 1. The minimum atomic E-state index is -0.997. The highest BCUT2D eigenvalue weighted by atomic mass is 16.4. The molecule has 0 aliphatic heterocycles. The van der Waals surface area contributed by atoms with E-state index in [4.69, 9.17) is 5.11 Å². The van der Waals surface area contributed by atoms with E-state index in [0.29, 0.717) is 5.56 Å². The smallest absolute Gasteiger partial charge is 0.352 e. The molecule has 0 spiro atoms. The van der Waals surface area contributed by atoms with Crippen LogP contribution in [0.1, 0.15) is 54.1 Å². The van der Waals surface area contributed by atoms with Crippen molar-refractivity contribution in [3.8, 4) is 0 Å². The van der Waals surface area contributed by atoms with E-state index in [1.807, 2.05) is 13.8 Å². The molecule has 0 radical (unpaired) electrons. The maximum absolute atomic E-state index is 11.1. The lowest BCUT2D eigenvalue weighted by Crippen LogP contribution is -2.10. The number of aromatic nitrogens is 1. The largest absolute Gasteiger partial charge is 0.477 e. The lowest BCUT2D eigenvalue weighted by molar-refractivity contribution is 0.0682. The minimum absolute atomic E-state index is 0.0872. The number of nitrogens with zero attached hydrogens (tertiary/aromatic N) is 1. The standard InChI is InChI=1S/C11H15NO3/c1-4-7(2)12-6-9(8(3)13)5-10(12)11(14)15/h5-7H,4H2,1-3H3,(H,14,15). The molecule has 0 aliphatic carbocycles. The third kappa shape index (κ3) is 2.26. The van der Waals surface area contributed by atoms with Gasteiger partial charge in [-0.25, -0.2) is 4.79 Å². The third-order valence-corrected chi connectivity index (χ3v) is 2.54. The Morgan fingerprint density at radius 1 is 1.53 bits per heavy atom. The van der Waals surface area contributed by atoms with E-state index in [1.165, 1.54) is 13.0 Å². The molecule has 1 aromatic heterocycles. The van der Waals surface area contributed by atoms with Crippen LogP contribution >= 0.6 is 0 Å². The highest BCUT2D eigenvalue weighted by molar-refractivity contribution is 5.97. The first-order valence-electron chi connectivity index (χ1n) is 4.93. The van der Waals surface area contributed by atoms with E-state index in [-0.39, 0.29) is 17.5 Å². The van der Waals surface area contributed by atoms with Gasteiger partial charge in [-0.05, 0) is 26.3 Å². The summed E-state index contributed by atoms with van der Waals surface area (Å²) in [6.45, 7) is 5.34. The number of hydrogen-bond acceptors (Lipinski definition) is 2. The number of aromatic carboxylic acids is 1. The molecular formula is C11H15NO3. The Hall–Kier alpha value is -1.58. The summed E-state index contributed by atoms with van der Waals surface area (Å²) in [7, 11) is 0. The van der Waals surface area contributed by atoms with Gasteiger partial charge in [0, 0.05) is 17.8 Å². The van der Waals surface area contributed by atoms with Gasteiger partial charge >= 0.3 is 5.97 Å². The number of rotatable bonds is 4. The third-order valence-electron chi connectivity index (χ3n) is 2.54. The van der Waals surface area contributed by atoms with Crippen LogP contribution in [-0.4, -0.2) is 21.4 Å². The molecule has 1 aromatic rings. The highest BCUT2D eigenvalue weighted by Gasteiger charge is 2.17. The molecule has 0 amide bonds. The summed E-state index contributed by atoms with van der Waals surface area (Å²) in [6, 6.07) is 1.51. The Kier molecular flexibility index (Phi) is 3.29. The number of Topliss-reactive ketones (excluding diaryl/α,β-unsaturated/α-hetero) is 1. The highest BCUT2D eigenvalue weighted by Crippen LogP contribution is 2.18. The number of hydrogen-bond donors (Lipinski definition) is 1. The number of ketones is 1. The fourth-order valence-corrected chi connectivity index (χ4v) is 1.40. The predicted octanol–water partition coefficient (Wildman–Crippen LogP) is 2.36. The molecule has 1 N–H and O–H groups in total. The van der Waals surface area contributed by atoms with Crippen LogP contribution in [0.3, 0.4) is 0 Å². The SMILES string of the molecule is CCC(C)n1cc(C(C)=O)cc1C(=O)O. The quantitative estimate of drug-likeness (QED) is 0.774. The Morgan fingerprint density at radius 3 is 2.53 bits per heavy atom. The van der Waals surface area contributed by atoms with Crippen LogP contribution in [0, 0.1) is 0 Å². The van der Waals surface area contributed by atoms with Crippen LogP contribution in [0.5, 0.6) is 0 Å². The Morgan fingerprint density at radius 2 is 2.13 bits per heavy atom. The van der Waals surface area contributed by atoms with Crippen molar-refractivity contribution in [3.63, 3.8) is 0 Å². The van der Waals surface area contributed by atoms with Gasteiger partial charge in [-0.2, -0.15) is 0 Å². The molecule has 4 nitrogen and oxygen atoms in total. The lowest BCUT2D eigenvalue weighted by Gasteiger charge is -2.12. The molecular weight excluding hydrogens is 194 g/mol.